The molecule has 0 N–H and O–H groups in total. The highest BCUT2D eigenvalue weighted by molar-refractivity contribution is 5.55. The first kappa shape index (κ1) is 25.8. The van der Waals surface area contributed by atoms with Gasteiger partial charge in [0.25, 0.3) is 0 Å². The van der Waals surface area contributed by atoms with E-state index in [0.717, 1.165) is 6.42 Å². The summed E-state index contributed by atoms with van der Waals surface area (Å²) >= 11 is 0. The van der Waals surface area contributed by atoms with Gasteiger partial charge in [0.15, 0.2) is 23.0 Å². The van der Waals surface area contributed by atoms with E-state index in [0.29, 0.717) is 24.9 Å². The molecule has 0 aliphatic carbocycles. The van der Waals surface area contributed by atoms with Crippen molar-refractivity contribution in [3.63, 3.8) is 0 Å². The van der Waals surface area contributed by atoms with Gasteiger partial charge in [-0.25, -0.2) is 0 Å². The van der Waals surface area contributed by atoms with Crippen LogP contribution < -0.4 is 14.2 Å². The number of hydrogen-bond acceptors (Lipinski definition) is 4. The summed E-state index contributed by atoms with van der Waals surface area (Å²) in [5.41, 5.74) is 0.919. The van der Waals surface area contributed by atoms with Gasteiger partial charge in [-0.15, -0.1) is 0 Å². The Labute approximate surface area is 186 Å². The van der Waals surface area contributed by atoms with Gasteiger partial charge >= 0.3 is 0 Å². The predicted molar refractivity (Wildman–Crippen MR) is 114 cm³/mol. The molecule has 0 saturated heterocycles. The van der Waals surface area contributed by atoms with Crippen LogP contribution in [0.2, 0.25) is 0 Å². The molecule has 1 aliphatic rings. The Kier molecular flexibility index (Phi) is 9.62. The zero-order valence-electron chi connectivity index (χ0n) is 19.1. The molecule has 8 heteroatoms. The molecule has 0 spiro atoms. The van der Waals surface area contributed by atoms with Crippen LogP contribution in [-0.4, -0.2) is 33.1 Å². The SMILES string of the molecule is CCOc1cc2c(c(F)c1F)Oc1c(ccc(OCC(C)COC(C)CC)c1F)C2.CF. The molecular formula is C24H30F4O4. The molecule has 3 rings (SSSR count). The van der Waals surface area contributed by atoms with Crippen molar-refractivity contribution in [2.24, 2.45) is 5.92 Å². The van der Waals surface area contributed by atoms with Crippen LogP contribution in [0.1, 0.15) is 45.2 Å². The summed E-state index contributed by atoms with van der Waals surface area (Å²) in [5.74, 6) is -3.68. The van der Waals surface area contributed by atoms with E-state index in [1.165, 1.54) is 12.1 Å². The smallest absolute Gasteiger partial charge is 0.207 e. The molecule has 2 unspecified atom stereocenters. The standard InChI is InChI=1S/C23H27F3O4.CH3F/c1-5-14(4)28-11-13(3)12-29-17-8-7-15-9-16-10-18(27-6-2)19(24)21(26)23(16)30-22(15)20(17)25;1-2/h7-8,10,13-14H,5-6,9,11-12H2,1-4H3;1H3. The molecule has 2 atom stereocenters. The van der Waals surface area contributed by atoms with Crippen molar-refractivity contribution in [1.82, 2.24) is 0 Å². The zero-order valence-corrected chi connectivity index (χ0v) is 19.1. The van der Waals surface area contributed by atoms with Crippen molar-refractivity contribution in [2.45, 2.75) is 46.6 Å². The number of halogens is 4. The third kappa shape index (κ3) is 5.85. The van der Waals surface area contributed by atoms with Crippen molar-refractivity contribution < 1.29 is 36.5 Å². The Morgan fingerprint density at radius 1 is 0.875 bits per heavy atom. The van der Waals surface area contributed by atoms with Gasteiger partial charge in [-0.05, 0) is 32.4 Å². The van der Waals surface area contributed by atoms with E-state index < -0.39 is 17.5 Å². The Hall–Kier alpha value is -2.48. The number of hydrogen-bond donors (Lipinski definition) is 0. The van der Waals surface area contributed by atoms with Crippen LogP contribution >= 0.6 is 0 Å². The molecule has 4 nitrogen and oxygen atoms in total. The third-order valence-electron chi connectivity index (χ3n) is 5.00. The summed E-state index contributed by atoms with van der Waals surface area (Å²) in [6.45, 7) is 8.60. The van der Waals surface area contributed by atoms with Crippen molar-refractivity contribution in [3.8, 4) is 23.0 Å². The summed E-state index contributed by atoms with van der Waals surface area (Å²) in [5, 5.41) is 0. The topological polar surface area (TPSA) is 36.9 Å². The Morgan fingerprint density at radius 2 is 1.56 bits per heavy atom. The van der Waals surface area contributed by atoms with Crippen LogP contribution in [0, 0.1) is 23.4 Å². The zero-order chi connectivity index (χ0) is 23.8. The molecule has 0 saturated carbocycles. The van der Waals surface area contributed by atoms with Crippen molar-refractivity contribution in [2.75, 3.05) is 27.0 Å². The molecule has 32 heavy (non-hydrogen) atoms. The van der Waals surface area contributed by atoms with E-state index in [4.69, 9.17) is 18.9 Å². The van der Waals surface area contributed by atoms with Crippen LogP contribution in [0.3, 0.4) is 0 Å². The van der Waals surface area contributed by atoms with Crippen LogP contribution in [0.5, 0.6) is 23.0 Å². The van der Waals surface area contributed by atoms with Gasteiger partial charge < -0.3 is 18.9 Å². The van der Waals surface area contributed by atoms with E-state index in [1.807, 2.05) is 20.8 Å². The van der Waals surface area contributed by atoms with Gasteiger partial charge in [0, 0.05) is 23.5 Å². The fourth-order valence-corrected chi connectivity index (χ4v) is 3.11. The molecule has 0 radical (unpaired) electrons. The van der Waals surface area contributed by atoms with Gasteiger partial charge in [-0.3, -0.25) is 4.39 Å². The van der Waals surface area contributed by atoms with Crippen molar-refractivity contribution >= 4 is 0 Å². The van der Waals surface area contributed by atoms with Crippen molar-refractivity contribution in [3.05, 3.63) is 46.8 Å². The molecule has 0 bridgehead atoms. The molecule has 2 aromatic carbocycles. The highest BCUT2D eigenvalue weighted by Gasteiger charge is 2.29. The summed E-state index contributed by atoms with van der Waals surface area (Å²) in [6, 6.07) is 4.58. The molecule has 2 aromatic rings. The van der Waals surface area contributed by atoms with Crippen LogP contribution in [-0.2, 0) is 11.2 Å². The number of rotatable bonds is 9. The second kappa shape index (κ2) is 11.9. The summed E-state index contributed by atoms with van der Waals surface area (Å²) < 4.78 is 75.0. The lowest BCUT2D eigenvalue weighted by Gasteiger charge is -2.23. The van der Waals surface area contributed by atoms with Gasteiger partial charge in [-0.1, -0.05) is 19.9 Å². The van der Waals surface area contributed by atoms with E-state index >= 15 is 0 Å². The van der Waals surface area contributed by atoms with E-state index in [9.17, 15) is 17.6 Å². The first-order chi connectivity index (χ1) is 15.3. The van der Waals surface area contributed by atoms with Gasteiger partial charge in [-0.2, -0.15) is 13.2 Å². The second-order valence-corrected chi connectivity index (χ2v) is 7.54. The maximum atomic E-state index is 15.0. The van der Waals surface area contributed by atoms with E-state index in [-0.39, 0.29) is 54.7 Å². The van der Waals surface area contributed by atoms with E-state index in [1.54, 1.807) is 13.0 Å². The molecule has 1 heterocycles. The van der Waals surface area contributed by atoms with Gasteiger partial charge in [0.2, 0.25) is 17.5 Å². The predicted octanol–water partition coefficient (Wildman–Crippen LogP) is 6.61. The molecule has 0 amide bonds. The maximum Gasteiger partial charge on any atom is 0.207 e. The number of benzene rings is 2. The third-order valence-corrected chi connectivity index (χ3v) is 5.00. The van der Waals surface area contributed by atoms with Gasteiger partial charge in [0.1, 0.15) is 0 Å². The molecular weight excluding hydrogens is 428 g/mol. The summed E-state index contributed by atoms with van der Waals surface area (Å²) in [4.78, 5) is 0. The average Bonchev–Trinajstić information content (AvgIpc) is 2.81. The minimum absolute atomic E-state index is 0.000549. The lowest BCUT2D eigenvalue weighted by Crippen LogP contribution is -2.19. The largest absolute Gasteiger partial charge is 0.491 e. The fourth-order valence-electron chi connectivity index (χ4n) is 3.11. The first-order valence-corrected chi connectivity index (χ1v) is 10.6. The minimum atomic E-state index is -1.19. The monoisotopic (exact) mass is 458 g/mol. The molecule has 0 aromatic heterocycles. The lowest BCUT2D eigenvalue weighted by molar-refractivity contribution is 0.0304. The maximum absolute atomic E-state index is 15.0. The number of fused-ring (bicyclic) bond motifs is 2. The Balaban J connectivity index is 0.00000176. The number of alkyl halides is 1. The average molecular weight is 458 g/mol. The second-order valence-electron chi connectivity index (χ2n) is 7.54. The summed E-state index contributed by atoms with van der Waals surface area (Å²) in [7, 11) is 0.500. The van der Waals surface area contributed by atoms with Crippen molar-refractivity contribution in [1.29, 1.82) is 0 Å². The molecule has 1 aliphatic heterocycles. The lowest BCUT2D eigenvalue weighted by atomic mass is 9.99. The highest BCUT2D eigenvalue weighted by Crippen LogP contribution is 2.44. The number of ether oxygens (including phenoxy) is 4. The Morgan fingerprint density at radius 3 is 2.22 bits per heavy atom. The summed E-state index contributed by atoms with van der Waals surface area (Å²) in [6.07, 6.45) is 1.26. The fraction of sp³-hybridized carbons (Fsp3) is 0.500. The van der Waals surface area contributed by atoms with Gasteiger partial charge in [0.05, 0.1) is 33.1 Å². The minimum Gasteiger partial charge on any atom is -0.491 e. The molecule has 178 valence electrons. The highest BCUT2D eigenvalue weighted by atomic mass is 19.2. The Bertz CT molecular complexity index is 904. The normalized spacial score (nSPS) is 13.7. The molecule has 0 fully saturated rings. The van der Waals surface area contributed by atoms with Crippen LogP contribution in [0.25, 0.3) is 0 Å². The van der Waals surface area contributed by atoms with E-state index in [2.05, 4.69) is 0 Å². The van der Waals surface area contributed by atoms with Crippen LogP contribution in [0.15, 0.2) is 18.2 Å². The van der Waals surface area contributed by atoms with Crippen LogP contribution in [0.4, 0.5) is 17.6 Å². The quantitative estimate of drug-likeness (QED) is 0.338. The first-order valence-electron chi connectivity index (χ1n) is 10.6.